The van der Waals surface area contributed by atoms with E-state index in [1.807, 2.05) is 0 Å². The normalized spacial score (nSPS) is 12.0. The van der Waals surface area contributed by atoms with Crippen molar-refractivity contribution in [3.05, 3.63) is 0 Å². The number of rotatable bonds is 3. The average Bonchev–Trinajstić information content (AvgIpc) is 1.67. The lowest BCUT2D eigenvalue weighted by Crippen LogP contribution is -2.18. The summed E-state index contributed by atoms with van der Waals surface area (Å²) >= 11 is 9.89. The number of hydrogen-bond acceptors (Lipinski definition) is 0. The predicted octanol–water partition coefficient (Wildman–Crippen LogP) is 2.49. The minimum Gasteiger partial charge on any atom is -0.205 e. The molecule has 0 nitrogen and oxygen atoms in total. The first-order valence-electron chi connectivity index (χ1n) is 2.12. The molecule has 0 aromatic rings. The van der Waals surface area contributed by atoms with E-state index >= 15 is 0 Å². The molecule has 8 heavy (non-hydrogen) atoms. The summed E-state index contributed by atoms with van der Waals surface area (Å²) in [5.41, 5.74) is 0. The van der Waals surface area contributed by atoms with Gasteiger partial charge < -0.3 is 0 Å². The van der Waals surface area contributed by atoms with E-state index in [-0.39, 0.29) is 12.3 Å². The fourth-order valence-corrected chi connectivity index (χ4v) is 0.615. The van der Waals surface area contributed by atoms with E-state index in [9.17, 15) is 8.78 Å². The maximum absolute atomic E-state index is 11.9. The van der Waals surface area contributed by atoms with Crippen LogP contribution in [0, 0.1) is 0 Å². The van der Waals surface area contributed by atoms with Crippen LogP contribution in [0.15, 0.2) is 0 Å². The monoisotopic (exact) mass is 162 g/mol. The summed E-state index contributed by atoms with van der Waals surface area (Å²) in [5, 5.41) is 0. The molecule has 0 saturated heterocycles. The highest BCUT2D eigenvalue weighted by atomic mass is 35.5. The Kier molecular flexibility index (Phi) is 3.65. The second-order valence-electron chi connectivity index (χ2n) is 1.43. The minimum absolute atomic E-state index is 0.0419. The Morgan fingerprint density at radius 1 is 1.25 bits per heavy atom. The molecule has 50 valence electrons. The number of halogens is 4. The van der Waals surface area contributed by atoms with Gasteiger partial charge >= 0.3 is 0 Å². The maximum Gasteiger partial charge on any atom is 0.262 e. The van der Waals surface area contributed by atoms with Gasteiger partial charge in [0.15, 0.2) is 0 Å². The Labute approximate surface area is 56.8 Å². The van der Waals surface area contributed by atoms with Crippen LogP contribution >= 0.6 is 23.2 Å². The van der Waals surface area contributed by atoms with Crippen molar-refractivity contribution in [3.8, 4) is 0 Å². The lowest BCUT2D eigenvalue weighted by molar-refractivity contribution is 0.0230. The summed E-state index contributed by atoms with van der Waals surface area (Å²) in [7, 11) is 0. The summed E-state index contributed by atoms with van der Waals surface area (Å²) in [6.45, 7) is 0. The van der Waals surface area contributed by atoms with Crippen LogP contribution < -0.4 is 0 Å². The Bertz CT molecular complexity index is 65.1. The van der Waals surface area contributed by atoms with Crippen molar-refractivity contribution in [1.82, 2.24) is 0 Å². The highest BCUT2D eigenvalue weighted by molar-refractivity contribution is 6.19. The van der Waals surface area contributed by atoms with Crippen LogP contribution in [0.5, 0.6) is 0 Å². The standard InChI is InChI=1S/C4H6Cl2F2/c5-2-1-4(7,8)3-6/h1-3H2. The summed E-state index contributed by atoms with van der Waals surface area (Å²) in [6, 6.07) is 0. The Hall–Kier alpha value is 0.440. The smallest absolute Gasteiger partial charge is 0.205 e. The van der Waals surface area contributed by atoms with E-state index in [2.05, 4.69) is 0 Å². The van der Waals surface area contributed by atoms with Crippen LogP contribution in [0.3, 0.4) is 0 Å². The van der Waals surface area contributed by atoms with Crippen LogP contribution in [0.2, 0.25) is 0 Å². The molecule has 0 rings (SSSR count). The first-order valence-corrected chi connectivity index (χ1v) is 3.19. The molecule has 0 amide bonds. The van der Waals surface area contributed by atoms with Crippen LogP contribution in [-0.2, 0) is 0 Å². The molecule has 0 radical (unpaired) electrons. The molecule has 0 unspecified atom stereocenters. The van der Waals surface area contributed by atoms with E-state index in [4.69, 9.17) is 23.2 Å². The average molecular weight is 163 g/mol. The largest absolute Gasteiger partial charge is 0.262 e. The van der Waals surface area contributed by atoms with Crippen molar-refractivity contribution in [2.75, 3.05) is 11.8 Å². The number of alkyl halides is 4. The van der Waals surface area contributed by atoms with Gasteiger partial charge in [0, 0.05) is 12.3 Å². The Balaban J connectivity index is 3.37. The molecule has 0 bridgehead atoms. The Morgan fingerprint density at radius 3 is 1.88 bits per heavy atom. The van der Waals surface area contributed by atoms with E-state index in [0.29, 0.717) is 0 Å². The van der Waals surface area contributed by atoms with Crippen molar-refractivity contribution in [2.45, 2.75) is 12.3 Å². The summed E-state index contributed by atoms with van der Waals surface area (Å²) in [5.74, 6) is -3.46. The van der Waals surface area contributed by atoms with Crippen molar-refractivity contribution >= 4 is 23.2 Å². The number of hydrogen-bond donors (Lipinski definition) is 0. The molecule has 0 aliphatic carbocycles. The fourth-order valence-electron chi connectivity index (χ4n) is 0.205. The second-order valence-corrected chi connectivity index (χ2v) is 2.07. The molecular weight excluding hydrogens is 157 g/mol. The van der Waals surface area contributed by atoms with Gasteiger partial charge in [0.05, 0.1) is 5.88 Å². The zero-order valence-electron chi connectivity index (χ0n) is 4.13. The van der Waals surface area contributed by atoms with Gasteiger partial charge in [-0.2, -0.15) is 0 Å². The van der Waals surface area contributed by atoms with Crippen LogP contribution in [0.25, 0.3) is 0 Å². The van der Waals surface area contributed by atoms with Gasteiger partial charge in [-0.15, -0.1) is 23.2 Å². The third-order valence-electron chi connectivity index (χ3n) is 0.656. The van der Waals surface area contributed by atoms with Crippen molar-refractivity contribution in [3.63, 3.8) is 0 Å². The van der Waals surface area contributed by atoms with Crippen LogP contribution in [-0.4, -0.2) is 17.7 Å². The third-order valence-corrected chi connectivity index (χ3v) is 1.24. The molecule has 0 atom stereocenters. The van der Waals surface area contributed by atoms with Crippen molar-refractivity contribution in [1.29, 1.82) is 0 Å². The van der Waals surface area contributed by atoms with Gasteiger partial charge in [0.25, 0.3) is 5.92 Å². The molecule has 0 fully saturated rings. The predicted molar refractivity (Wildman–Crippen MR) is 31.0 cm³/mol. The lowest BCUT2D eigenvalue weighted by Gasteiger charge is -2.08. The molecule has 0 N–H and O–H groups in total. The molecule has 0 saturated carbocycles. The highest BCUT2D eigenvalue weighted by Gasteiger charge is 2.25. The van der Waals surface area contributed by atoms with Gasteiger partial charge in [0.2, 0.25) is 0 Å². The van der Waals surface area contributed by atoms with Crippen LogP contribution in [0.4, 0.5) is 8.78 Å². The summed E-state index contributed by atoms with van der Waals surface area (Å²) < 4.78 is 23.9. The molecule has 0 aliphatic rings. The highest BCUT2D eigenvalue weighted by Crippen LogP contribution is 2.19. The van der Waals surface area contributed by atoms with Crippen molar-refractivity contribution in [2.24, 2.45) is 0 Å². The molecule has 4 heteroatoms. The lowest BCUT2D eigenvalue weighted by atomic mass is 10.3. The summed E-state index contributed by atoms with van der Waals surface area (Å²) in [4.78, 5) is 0. The van der Waals surface area contributed by atoms with E-state index in [1.54, 1.807) is 0 Å². The van der Waals surface area contributed by atoms with Crippen molar-refractivity contribution < 1.29 is 8.78 Å². The fraction of sp³-hybridized carbons (Fsp3) is 1.00. The first kappa shape index (κ1) is 8.44. The molecular formula is C4H6Cl2F2. The first-order chi connectivity index (χ1) is 3.62. The van der Waals surface area contributed by atoms with E-state index in [1.165, 1.54) is 0 Å². The molecule has 0 aromatic heterocycles. The van der Waals surface area contributed by atoms with Gasteiger partial charge in [-0.1, -0.05) is 0 Å². The zero-order valence-corrected chi connectivity index (χ0v) is 5.65. The molecule has 0 aromatic carbocycles. The van der Waals surface area contributed by atoms with Gasteiger partial charge in [0.1, 0.15) is 0 Å². The SMILES string of the molecule is FC(F)(CCl)CCCl. The molecule has 0 heterocycles. The zero-order chi connectivity index (χ0) is 6.62. The van der Waals surface area contributed by atoms with E-state index in [0.717, 1.165) is 0 Å². The Morgan fingerprint density at radius 2 is 1.75 bits per heavy atom. The minimum atomic E-state index is -2.77. The quantitative estimate of drug-likeness (QED) is 0.560. The second kappa shape index (κ2) is 3.46. The van der Waals surface area contributed by atoms with Crippen LogP contribution in [0.1, 0.15) is 6.42 Å². The van der Waals surface area contributed by atoms with Gasteiger partial charge in [-0.3, -0.25) is 0 Å². The van der Waals surface area contributed by atoms with E-state index < -0.39 is 11.8 Å². The molecule has 0 spiro atoms. The van der Waals surface area contributed by atoms with Gasteiger partial charge in [-0.25, -0.2) is 8.78 Å². The van der Waals surface area contributed by atoms with Gasteiger partial charge in [-0.05, 0) is 0 Å². The maximum atomic E-state index is 11.9. The third kappa shape index (κ3) is 3.44. The topological polar surface area (TPSA) is 0 Å². The summed E-state index contributed by atoms with van der Waals surface area (Å²) in [6.07, 6.45) is -0.335. The molecule has 0 aliphatic heterocycles.